The van der Waals surface area contributed by atoms with Crippen LogP contribution in [0.15, 0.2) is 72.9 Å². The lowest BCUT2D eigenvalue weighted by atomic mass is 10.1. The highest BCUT2D eigenvalue weighted by molar-refractivity contribution is 5.88. The molecule has 2 aromatic carbocycles. The number of carbonyl (C=O) groups is 1. The number of hydrogen-bond donors (Lipinski definition) is 0. The van der Waals surface area contributed by atoms with Crippen molar-refractivity contribution in [1.82, 2.24) is 0 Å². The number of ether oxygens (including phenoxy) is 2. The molecule has 0 saturated heterocycles. The summed E-state index contributed by atoms with van der Waals surface area (Å²) in [5, 5.41) is 1.20. The minimum absolute atomic E-state index is 0.216. The fraction of sp³-hybridized carbons (Fsp3) is 0.200. The number of carbonyl (C=O) groups excluding carboxylic acids is 1. The second kappa shape index (κ2) is 9.80. The Morgan fingerprint density at radius 1 is 1.07 bits per heavy atom. The van der Waals surface area contributed by atoms with Crippen LogP contribution in [0, 0.1) is 0 Å². The predicted molar refractivity (Wildman–Crippen MR) is 116 cm³/mol. The van der Waals surface area contributed by atoms with Gasteiger partial charge in [-0.1, -0.05) is 48.6 Å². The summed E-state index contributed by atoms with van der Waals surface area (Å²) in [6.07, 6.45) is 6.43. The van der Waals surface area contributed by atoms with Gasteiger partial charge in [-0.2, -0.15) is 0 Å². The van der Waals surface area contributed by atoms with Crippen molar-refractivity contribution in [1.29, 1.82) is 0 Å². The lowest BCUT2D eigenvalue weighted by molar-refractivity contribution is -0.644. The molecule has 0 amide bonds. The number of nitrogens with zero attached hydrogens (tertiary/aromatic N) is 1. The highest BCUT2D eigenvalue weighted by Gasteiger charge is 2.07. The zero-order valence-electron chi connectivity index (χ0n) is 16.9. The molecule has 4 heteroatoms. The maximum atomic E-state index is 11.9. The maximum Gasteiger partial charge on any atom is 0.313 e. The standard InChI is InChI=1S/C25H26NO3/c1-19(2)18-28-17-15-25(27)29-22-12-9-20(10-13-22)8-11-21-14-16-26(3)24-7-5-4-6-23(21)24/h4-14,16H,1,15,17-18H2,2-3H3/q+1/b11-8+. The average Bonchev–Trinajstić information content (AvgIpc) is 2.72. The summed E-state index contributed by atoms with van der Waals surface area (Å²) in [5.41, 5.74) is 4.31. The van der Waals surface area contributed by atoms with Crippen molar-refractivity contribution >= 4 is 29.0 Å². The molecule has 29 heavy (non-hydrogen) atoms. The molecule has 148 valence electrons. The predicted octanol–water partition coefficient (Wildman–Crippen LogP) is 4.72. The fourth-order valence-electron chi connectivity index (χ4n) is 2.95. The molecule has 0 radical (unpaired) electrons. The van der Waals surface area contributed by atoms with Crippen molar-refractivity contribution in [3.05, 3.63) is 84.1 Å². The molecule has 1 heterocycles. The van der Waals surface area contributed by atoms with Crippen LogP contribution in [-0.4, -0.2) is 19.2 Å². The first-order chi connectivity index (χ1) is 14.0. The van der Waals surface area contributed by atoms with E-state index in [1.165, 1.54) is 10.9 Å². The minimum Gasteiger partial charge on any atom is -0.426 e. The lowest BCUT2D eigenvalue weighted by Crippen LogP contribution is -2.28. The van der Waals surface area contributed by atoms with Crippen molar-refractivity contribution in [2.24, 2.45) is 7.05 Å². The Morgan fingerprint density at radius 3 is 2.59 bits per heavy atom. The zero-order chi connectivity index (χ0) is 20.6. The number of rotatable bonds is 8. The van der Waals surface area contributed by atoms with E-state index in [1.54, 1.807) is 12.1 Å². The summed E-state index contributed by atoms with van der Waals surface area (Å²) in [4.78, 5) is 11.9. The Hall–Kier alpha value is -3.24. The van der Waals surface area contributed by atoms with Crippen molar-refractivity contribution in [2.75, 3.05) is 13.2 Å². The molecule has 3 aromatic rings. The van der Waals surface area contributed by atoms with Gasteiger partial charge in [0.1, 0.15) is 12.8 Å². The van der Waals surface area contributed by atoms with E-state index in [2.05, 4.69) is 47.7 Å². The summed E-state index contributed by atoms with van der Waals surface area (Å²) in [6.45, 7) is 6.43. The van der Waals surface area contributed by atoms with Gasteiger partial charge in [0.15, 0.2) is 6.20 Å². The quantitative estimate of drug-likeness (QED) is 0.184. The monoisotopic (exact) mass is 388 g/mol. The van der Waals surface area contributed by atoms with Crippen LogP contribution in [0.1, 0.15) is 24.5 Å². The number of hydrogen-bond acceptors (Lipinski definition) is 3. The summed E-state index contributed by atoms with van der Waals surface area (Å²) in [6, 6.07) is 17.9. The van der Waals surface area contributed by atoms with E-state index >= 15 is 0 Å². The van der Waals surface area contributed by atoms with Gasteiger partial charge in [0, 0.05) is 12.1 Å². The molecule has 0 N–H and O–H groups in total. The fourth-order valence-corrected chi connectivity index (χ4v) is 2.95. The van der Waals surface area contributed by atoms with Crippen LogP contribution >= 0.6 is 0 Å². The minimum atomic E-state index is -0.307. The van der Waals surface area contributed by atoms with Gasteiger partial charge in [0.2, 0.25) is 5.52 Å². The zero-order valence-corrected chi connectivity index (χ0v) is 16.9. The van der Waals surface area contributed by atoms with Crippen LogP contribution in [0.5, 0.6) is 5.75 Å². The van der Waals surface area contributed by atoms with Gasteiger partial charge in [0.05, 0.1) is 25.0 Å². The molecule has 0 atom stereocenters. The van der Waals surface area contributed by atoms with Crippen LogP contribution < -0.4 is 9.30 Å². The maximum absolute atomic E-state index is 11.9. The van der Waals surface area contributed by atoms with Crippen molar-refractivity contribution in [3.63, 3.8) is 0 Å². The summed E-state index contributed by atoms with van der Waals surface area (Å²) < 4.78 is 12.8. The second-order valence-corrected chi connectivity index (χ2v) is 7.04. The van der Waals surface area contributed by atoms with Crippen molar-refractivity contribution in [2.45, 2.75) is 13.3 Å². The number of fused-ring (bicyclic) bond motifs is 1. The first kappa shape index (κ1) is 20.5. The Kier molecular flexibility index (Phi) is 6.93. The lowest BCUT2D eigenvalue weighted by Gasteiger charge is -2.06. The van der Waals surface area contributed by atoms with E-state index in [0.29, 0.717) is 19.0 Å². The van der Waals surface area contributed by atoms with Gasteiger partial charge in [-0.3, -0.25) is 4.79 Å². The normalized spacial score (nSPS) is 11.1. The van der Waals surface area contributed by atoms with Gasteiger partial charge < -0.3 is 9.47 Å². The molecular formula is C25H26NO3+. The summed E-state index contributed by atoms with van der Waals surface area (Å²) in [5.74, 6) is 0.225. The molecule has 0 unspecified atom stereocenters. The Bertz CT molecular complexity index is 1040. The average molecular weight is 388 g/mol. The number of pyridine rings is 1. The highest BCUT2D eigenvalue weighted by atomic mass is 16.5. The first-order valence-electron chi connectivity index (χ1n) is 9.61. The third kappa shape index (κ3) is 5.87. The molecule has 0 saturated carbocycles. The molecule has 0 fully saturated rings. The van der Waals surface area contributed by atoms with Crippen LogP contribution in [0.4, 0.5) is 0 Å². The van der Waals surface area contributed by atoms with Crippen LogP contribution in [0.25, 0.3) is 23.1 Å². The van der Waals surface area contributed by atoms with Crippen LogP contribution in [0.3, 0.4) is 0 Å². The van der Waals surface area contributed by atoms with Gasteiger partial charge in [0.25, 0.3) is 0 Å². The molecule has 0 spiro atoms. The smallest absolute Gasteiger partial charge is 0.313 e. The summed E-state index contributed by atoms with van der Waals surface area (Å²) >= 11 is 0. The molecule has 1 aromatic heterocycles. The van der Waals surface area contributed by atoms with E-state index < -0.39 is 0 Å². The first-order valence-corrected chi connectivity index (χ1v) is 9.61. The molecule has 3 rings (SSSR count). The number of esters is 1. The van der Waals surface area contributed by atoms with Gasteiger partial charge >= 0.3 is 5.97 Å². The number of benzene rings is 2. The molecule has 0 aliphatic carbocycles. The highest BCUT2D eigenvalue weighted by Crippen LogP contribution is 2.19. The SMILES string of the molecule is C=C(C)COCCC(=O)Oc1ccc(/C=C/c2cc[n+](C)c3ccccc23)cc1. The molecule has 4 nitrogen and oxygen atoms in total. The van der Waals surface area contributed by atoms with Gasteiger partial charge in [-0.25, -0.2) is 4.57 Å². The number of para-hydroxylation sites is 1. The third-order valence-electron chi connectivity index (χ3n) is 4.44. The van der Waals surface area contributed by atoms with Crippen LogP contribution in [0.2, 0.25) is 0 Å². The summed E-state index contributed by atoms with van der Waals surface area (Å²) in [7, 11) is 2.04. The largest absolute Gasteiger partial charge is 0.426 e. The van der Waals surface area contributed by atoms with E-state index in [9.17, 15) is 4.79 Å². The van der Waals surface area contributed by atoms with Gasteiger partial charge in [-0.15, -0.1) is 0 Å². The molecule has 0 aliphatic heterocycles. The van der Waals surface area contributed by atoms with Crippen molar-refractivity contribution < 1.29 is 18.8 Å². The van der Waals surface area contributed by atoms with Crippen LogP contribution in [-0.2, 0) is 16.6 Å². The number of aryl methyl sites for hydroxylation is 1. The Labute approximate surface area is 171 Å². The van der Waals surface area contributed by atoms with E-state index in [-0.39, 0.29) is 12.4 Å². The Balaban J connectivity index is 1.60. The third-order valence-corrected chi connectivity index (χ3v) is 4.44. The van der Waals surface area contributed by atoms with Gasteiger partial charge in [-0.05, 0) is 36.2 Å². The van der Waals surface area contributed by atoms with Crippen molar-refractivity contribution in [3.8, 4) is 5.75 Å². The Morgan fingerprint density at radius 2 is 1.83 bits per heavy atom. The van der Waals surface area contributed by atoms with E-state index in [0.717, 1.165) is 16.7 Å². The van der Waals surface area contributed by atoms with E-state index in [1.807, 2.05) is 38.2 Å². The van der Waals surface area contributed by atoms with E-state index in [4.69, 9.17) is 9.47 Å². The topological polar surface area (TPSA) is 39.4 Å². The number of aromatic nitrogens is 1. The molecule has 0 bridgehead atoms. The molecular weight excluding hydrogens is 362 g/mol. The second-order valence-electron chi connectivity index (χ2n) is 7.04. The molecule has 0 aliphatic rings.